The number of nitrogens with zero attached hydrogens (tertiary/aromatic N) is 2. The van der Waals surface area contributed by atoms with Crippen LogP contribution in [0, 0.1) is 13.8 Å². The number of carbonyl (C=O) groups is 1. The summed E-state index contributed by atoms with van der Waals surface area (Å²) in [4.78, 5) is 20.4. The summed E-state index contributed by atoms with van der Waals surface area (Å²) >= 11 is 1.49. The lowest BCUT2D eigenvalue weighted by Crippen LogP contribution is -2.37. The minimum atomic E-state index is -3.71. The first kappa shape index (κ1) is 24.4. The van der Waals surface area contributed by atoms with Gasteiger partial charge in [0.2, 0.25) is 0 Å². The third-order valence-electron chi connectivity index (χ3n) is 6.40. The van der Waals surface area contributed by atoms with E-state index in [4.69, 9.17) is 9.72 Å². The number of benzene rings is 3. The van der Waals surface area contributed by atoms with E-state index < -0.39 is 10.0 Å². The van der Waals surface area contributed by atoms with E-state index >= 15 is 0 Å². The molecule has 7 nitrogen and oxygen atoms in total. The van der Waals surface area contributed by atoms with Gasteiger partial charge in [-0.05, 0) is 80.3 Å². The fourth-order valence-corrected chi connectivity index (χ4v) is 6.33. The number of rotatable bonds is 7. The Bertz CT molecular complexity index is 1490. The van der Waals surface area contributed by atoms with Crippen molar-refractivity contribution in [3.05, 3.63) is 83.4 Å². The zero-order valence-electron chi connectivity index (χ0n) is 20.1. The van der Waals surface area contributed by atoms with Crippen molar-refractivity contribution in [1.82, 2.24) is 4.98 Å². The van der Waals surface area contributed by atoms with Crippen LogP contribution in [0.5, 0.6) is 0 Å². The lowest BCUT2D eigenvalue weighted by molar-refractivity contribution is 0.0917. The number of hydrogen-bond donors (Lipinski definition) is 1. The maximum absolute atomic E-state index is 13.7. The summed E-state index contributed by atoms with van der Waals surface area (Å²) in [6, 6.07) is 18.8. The fourth-order valence-electron chi connectivity index (χ4n) is 4.22. The Morgan fingerprint density at radius 3 is 2.53 bits per heavy atom. The molecule has 36 heavy (non-hydrogen) atoms. The Kier molecular flexibility index (Phi) is 6.79. The minimum Gasteiger partial charge on any atom is -0.376 e. The van der Waals surface area contributed by atoms with Crippen molar-refractivity contribution >= 4 is 48.3 Å². The van der Waals surface area contributed by atoms with Crippen LogP contribution in [0.15, 0.2) is 71.6 Å². The first-order valence-electron chi connectivity index (χ1n) is 11.8. The Hall–Kier alpha value is -3.27. The van der Waals surface area contributed by atoms with Crippen LogP contribution < -0.4 is 9.62 Å². The van der Waals surface area contributed by atoms with Gasteiger partial charge in [0.25, 0.3) is 15.9 Å². The molecule has 0 saturated carbocycles. The molecule has 5 rings (SSSR count). The van der Waals surface area contributed by atoms with Crippen LogP contribution in [0.1, 0.15) is 34.3 Å². The number of thiazole rings is 1. The Labute approximate surface area is 214 Å². The highest BCUT2D eigenvalue weighted by molar-refractivity contribution is 7.92. The van der Waals surface area contributed by atoms with Crippen LogP contribution in [0.4, 0.5) is 10.8 Å². The number of hydrogen-bond acceptors (Lipinski definition) is 6. The number of aryl methyl sites for hydroxylation is 2. The molecule has 1 N–H and O–H groups in total. The summed E-state index contributed by atoms with van der Waals surface area (Å²) in [7, 11) is -3.71. The average molecular weight is 522 g/mol. The van der Waals surface area contributed by atoms with E-state index in [1.165, 1.54) is 23.5 Å². The van der Waals surface area contributed by atoms with Gasteiger partial charge in [-0.25, -0.2) is 13.4 Å². The molecule has 1 aliphatic heterocycles. The van der Waals surface area contributed by atoms with Crippen molar-refractivity contribution in [2.24, 2.45) is 0 Å². The molecule has 9 heteroatoms. The van der Waals surface area contributed by atoms with Crippen LogP contribution in [0.25, 0.3) is 10.2 Å². The number of anilines is 2. The first-order chi connectivity index (χ1) is 17.3. The summed E-state index contributed by atoms with van der Waals surface area (Å²) in [5.41, 5.74) is 4.00. The van der Waals surface area contributed by atoms with Gasteiger partial charge in [-0.2, -0.15) is 0 Å². The zero-order valence-corrected chi connectivity index (χ0v) is 21.7. The van der Waals surface area contributed by atoms with E-state index in [1.807, 2.05) is 13.0 Å². The van der Waals surface area contributed by atoms with Gasteiger partial charge in [0.15, 0.2) is 5.13 Å². The molecule has 2 heterocycles. The van der Waals surface area contributed by atoms with Crippen molar-refractivity contribution in [3.63, 3.8) is 0 Å². The van der Waals surface area contributed by atoms with Crippen LogP contribution >= 0.6 is 11.3 Å². The van der Waals surface area contributed by atoms with Gasteiger partial charge in [-0.1, -0.05) is 35.6 Å². The highest BCUT2D eigenvalue weighted by Crippen LogP contribution is 2.33. The van der Waals surface area contributed by atoms with E-state index in [-0.39, 0.29) is 16.9 Å². The third kappa shape index (κ3) is 5.00. The second kappa shape index (κ2) is 10.0. The summed E-state index contributed by atoms with van der Waals surface area (Å²) in [6.45, 7) is 5.21. The molecule has 4 aromatic rings. The maximum atomic E-state index is 13.7. The minimum absolute atomic E-state index is 0.0410. The lowest BCUT2D eigenvalue weighted by Gasteiger charge is -2.23. The summed E-state index contributed by atoms with van der Waals surface area (Å²) < 4.78 is 34.7. The molecular weight excluding hydrogens is 494 g/mol. The predicted molar refractivity (Wildman–Crippen MR) is 143 cm³/mol. The van der Waals surface area contributed by atoms with Gasteiger partial charge < -0.3 is 4.74 Å². The van der Waals surface area contributed by atoms with Crippen molar-refractivity contribution < 1.29 is 17.9 Å². The molecule has 1 amide bonds. The molecule has 1 saturated heterocycles. The van der Waals surface area contributed by atoms with E-state index in [2.05, 4.69) is 17.7 Å². The van der Waals surface area contributed by atoms with Crippen molar-refractivity contribution in [1.29, 1.82) is 0 Å². The standard InChI is InChI=1S/C27H27N3O4S2/c1-18-10-15-24-25(19(18)2)28-27(35-24)30(17-22-7-6-16-34-22)26(31)20-11-13-21(14-12-20)29-36(32,33)23-8-4-3-5-9-23/h3-5,8-15,22,29H,6-7,16-17H2,1-2H3. The molecule has 186 valence electrons. The highest BCUT2D eigenvalue weighted by Gasteiger charge is 2.27. The van der Waals surface area contributed by atoms with Crippen LogP contribution in [-0.2, 0) is 14.8 Å². The smallest absolute Gasteiger partial charge is 0.261 e. The summed E-state index contributed by atoms with van der Waals surface area (Å²) in [6.07, 6.45) is 1.83. The Balaban J connectivity index is 1.42. The van der Waals surface area contributed by atoms with E-state index in [0.717, 1.165) is 34.2 Å². The topological polar surface area (TPSA) is 88.6 Å². The maximum Gasteiger partial charge on any atom is 0.261 e. The van der Waals surface area contributed by atoms with Gasteiger partial charge in [0.1, 0.15) is 0 Å². The van der Waals surface area contributed by atoms with Gasteiger partial charge in [0, 0.05) is 17.9 Å². The molecule has 1 aliphatic rings. The number of ether oxygens (including phenoxy) is 1. The third-order valence-corrected chi connectivity index (χ3v) is 8.84. The number of nitrogens with one attached hydrogen (secondary N) is 1. The molecular formula is C27H27N3O4S2. The Morgan fingerprint density at radius 2 is 1.83 bits per heavy atom. The molecule has 1 fully saturated rings. The first-order valence-corrected chi connectivity index (χ1v) is 14.1. The largest absolute Gasteiger partial charge is 0.376 e. The number of aromatic nitrogens is 1. The second-order valence-electron chi connectivity index (χ2n) is 8.90. The quantitative estimate of drug-likeness (QED) is 0.345. The van der Waals surface area contributed by atoms with Crippen molar-refractivity contribution in [2.75, 3.05) is 22.8 Å². The predicted octanol–water partition coefficient (Wildman–Crippen LogP) is 5.54. The number of sulfonamides is 1. The molecule has 0 bridgehead atoms. The van der Waals surface area contributed by atoms with Crippen molar-refractivity contribution in [3.8, 4) is 0 Å². The van der Waals surface area contributed by atoms with E-state index in [1.54, 1.807) is 47.4 Å². The molecule has 1 atom stereocenters. The highest BCUT2D eigenvalue weighted by atomic mass is 32.2. The van der Waals surface area contributed by atoms with Crippen LogP contribution in [0.2, 0.25) is 0 Å². The summed E-state index contributed by atoms with van der Waals surface area (Å²) in [5, 5.41) is 0.632. The summed E-state index contributed by atoms with van der Waals surface area (Å²) in [5.74, 6) is -0.198. The molecule has 0 radical (unpaired) electrons. The SMILES string of the molecule is Cc1ccc2sc(N(CC3CCCO3)C(=O)c3ccc(NS(=O)(=O)c4ccccc4)cc3)nc2c1C. The number of fused-ring (bicyclic) bond motifs is 1. The molecule has 3 aromatic carbocycles. The molecule has 0 aliphatic carbocycles. The molecule has 0 spiro atoms. The number of amides is 1. The van der Waals surface area contributed by atoms with Crippen LogP contribution in [-0.4, -0.2) is 38.6 Å². The normalized spacial score (nSPS) is 15.8. The molecule has 1 aromatic heterocycles. The monoisotopic (exact) mass is 521 g/mol. The van der Waals surface area contributed by atoms with E-state index in [9.17, 15) is 13.2 Å². The average Bonchev–Trinajstić information content (AvgIpc) is 3.55. The van der Waals surface area contributed by atoms with E-state index in [0.29, 0.717) is 29.5 Å². The number of carbonyl (C=O) groups excluding carboxylic acids is 1. The lowest BCUT2D eigenvalue weighted by atomic mass is 10.1. The molecule has 1 unspecified atom stereocenters. The zero-order chi connectivity index (χ0) is 25.3. The Morgan fingerprint density at radius 1 is 1.08 bits per heavy atom. The van der Waals surface area contributed by atoms with Gasteiger partial charge in [-0.3, -0.25) is 14.4 Å². The van der Waals surface area contributed by atoms with Crippen LogP contribution in [0.3, 0.4) is 0 Å². The fraction of sp³-hybridized carbons (Fsp3) is 0.259. The van der Waals surface area contributed by atoms with Gasteiger partial charge in [-0.15, -0.1) is 0 Å². The van der Waals surface area contributed by atoms with Crippen molar-refractivity contribution in [2.45, 2.75) is 37.7 Å². The van der Waals surface area contributed by atoms with Gasteiger partial charge in [0.05, 0.1) is 27.8 Å². The van der Waals surface area contributed by atoms with Gasteiger partial charge >= 0.3 is 0 Å². The second-order valence-corrected chi connectivity index (χ2v) is 11.6.